The molecule has 0 fully saturated rings. The number of rotatable bonds is 5. The van der Waals surface area contributed by atoms with E-state index in [2.05, 4.69) is 33.8 Å². The molecule has 5 nitrogen and oxygen atoms in total. The Morgan fingerprint density at radius 2 is 2.17 bits per heavy atom. The first-order chi connectivity index (χ1) is 10.8. The summed E-state index contributed by atoms with van der Waals surface area (Å²) >= 11 is 0. The number of guanidine groups is 1. The van der Waals surface area contributed by atoms with Crippen LogP contribution in [0.15, 0.2) is 29.3 Å². The summed E-state index contributed by atoms with van der Waals surface area (Å²) in [4.78, 5) is 4.40. The summed E-state index contributed by atoms with van der Waals surface area (Å²) in [7, 11) is 0. The van der Waals surface area contributed by atoms with Gasteiger partial charge < -0.3 is 21.1 Å². The molecule has 2 aliphatic heterocycles. The predicted octanol–water partition coefficient (Wildman–Crippen LogP) is 2.27. The summed E-state index contributed by atoms with van der Waals surface area (Å²) in [5, 5.41) is 6.58. The van der Waals surface area contributed by atoms with Gasteiger partial charge in [0, 0.05) is 25.7 Å². The molecule has 0 spiro atoms. The second-order valence-corrected chi connectivity index (χ2v) is 6.11. The van der Waals surface area contributed by atoms with Crippen LogP contribution in [-0.4, -0.2) is 37.7 Å². The zero-order chi connectivity index (χ0) is 15.2. The van der Waals surface area contributed by atoms with Gasteiger partial charge in [-0.1, -0.05) is 18.2 Å². The SMILES string of the molecule is Cl.Cl.N[C@H](CCNC1=NCCCN1)CC1CCc2ccccc2O1. The van der Waals surface area contributed by atoms with Crippen LogP contribution < -0.4 is 21.1 Å². The fourth-order valence-electron chi connectivity index (χ4n) is 3.03. The lowest BCUT2D eigenvalue weighted by Crippen LogP contribution is -2.42. The number of nitrogens with two attached hydrogens (primary N) is 1. The Balaban J connectivity index is 0.00000144. The van der Waals surface area contributed by atoms with Crippen molar-refractivity contribution in [2.75, 3.05) is 19.6 Å². The molecule has 0 saturated carbocycles. The van der Waals surface area contributed by atoms with Gasteiger partial charge in [-0.05, 0) is 43.7 Å². The van der Waals surface area contributed by atoms with E-state index in [-0.39, 0.29) is 37.0 Å². The number of nitrogens with zero attached hydrogens (tertiary/aromatic N) is 1. The molecule has 0 amide bonds. The van der Waals surface area contributed by atoms with E-state index in [1.807, 2.05) is 6.07 Å². The Hall–Kier alpha value is -1.17. The van der Waals surface area contributed by atoms with Crippen LogP contribution in [0.2, 0.25) is 0 Å². The highest BCUT2D eigenvalue weighted by atomic mass is 35.5. The van der Waals surface area contributed by atoms with E-state index in [0.29, 0.717) is 0 Å². The molecular formula is C17H28Cl2N4O. The second-order valence-electron chi connectivity index (χ2n) is 6.11. The molecule has 2 aliphatic rings. The van der Waals surface area contributed by atoms with E-state index in [9.17, 15) is 0 Å². The van der Waals surface area contributed by atoms with Crippen molar-refractivity contribution in [2.24, 2.45) is 10.7 Å². The smallest absolute Gasteiger partial charge is 0.191 e. The third-order valence-electron chi connectivity index (χ3n) is 4.27. The highest BCUT2D eigenvalue weighted by Gasteiger charge is 2.21. The van der Waals surface area contributed by atoms with Gasteiger partial charge in [-0.25, -0.2) is 0 Å². The first-order valence-electron chi connectivity index (χ1n) is 8.33. The van der Waals surface area contributed by atoms with Crippen molar-refractivity contribution in [3.63, 3.8) is 0 Å². The zero-order valence-corrected chi connectivity index (χ0v) is 15.5. The van der Waals surface area contributed by atoms with E-state index in [1.54, 1.807) is 0 Å². The lowest BCUT2D eigenvalue weighted by molar-refractivity contribution is 0.154. The third-order valence-corrected chi connectivity index (χ3v) is 4.27. The number of fused-ring (bicyclic) bond motifs is 1. The highest BCUT2D eigenvalue weighted by Crippen LogP contribution is 2.28. The van der Waals surface area contributed by atoms with E-state index in [4.69, 9.17) is 10.5 Å². The van der Waals surface area contributed by atoms with Gasteiger partial charge in [-0.2, -0.15) is 0 Å². The molecule has 1 unspecified atom stereocenters. The minimum atomic E-state index is 0. The Bertz CT molecular complexity index is 527. The zero-order valence-electron chi connectivity index (χ0n) is 13.9. The van der Waals surface area contributed by atoms with Crippen LogP contribution in [0.1, 0.15) is 31.2 Å². The normalized spacial score (nSPS) is 20.0. The van der Waals surface area contributed by atoms with Crippen LogP contribution >= 0.6 is 24.8 Å². The number of hydrogen-bond acceptors (Lipinski definition) is 5. The Kier molecular flexibility index (Phi) is 9.26. The maximum absolute atomic E-state index is 6.26. The maximum atomic E-state index is 6.26. The minimum Gasteiger partial charge on any atom is -0.490 e. The van der Waals surface area contributed by atoms with Crippen LogP contribution in [0.5, 0.6) is 5.75 Å². The quantitative estimate of drug-likeness (QED) is 0.738. The van der Waals surface area contributed by atoms with Gasteiger partial charge >= 0.3 is 0 Å². The number of nitrogens with one attached hydrogen (secondary N) is 2. The van der Waals surface area contributed by atoms with Crippen LogP contribution in [0, 0.1) is 0 Å². The largest absolute Gasteiger partial charge is 0.490 e. The number of ether oxygens (including phenoxy) is 1. The first-order valence-corrected chi connectivity index (χ1v) is 8.33. The molecule has 0 bridgehead atoms. The van der Waals surface area contributed by atoms with Gasteiger partial charge in [0.05, 0.1) is 0 Å². The van der Waals surface area contributed by atoms with Crippen LogP contribution in [-0.2, 0) is 6.42 Å². The first kappa shape index (κ1) is 20.9. The lowest BCUT2D eigenvalue weighted by atomic mass is 9.97. The van der Waals surface area contributed by atoms with Crippen molar-refractivity contribution in [3.8, 4) is 5.75 Å². The summed E-state index contributed by atoms with van der Waals surface area (Å²) in [6.07, 6.45) is 5.36. The van der Waals surface area contributed by atoms with E-state index >= 15 is 0 Å². The molecule has 0 radical (unpaired) electrons. The van der Waals surface area contributed by atoms with E-state index in [0.717, 1.165) is 63.4 Å². The molecule has 2 heterocycles. The molecule has 4 N–H and O–H groups in total. The molecule has 0 saturated heterocycles. The van der Waals surface area contributed by atoms with Gasteiger partial charge in [0.15, 0.2) is 5.96 Å². The highest BCUT2D eigenvalue weighted by molar-refractivity contribution is 5.85. The molecule has 0 aromatic heterocycles. The standard InChI is InChI=1S/C17H26N4O.2ClH/c18-14(8-11-21-17-19-9-3-10-20-17)12-15-7-6-13-4-1-2-5-16(13)22-15;;/h1-2,4-5,14-15H,3,6-12,18H2,(H2,19,20,21);2*1H/t14-,15?;;/m1../s1. The molecule has 2 atom stereocenters. The predicted molar refractivity (Wildman–Crippen MR) is 104 cm³/mol. The lowest BCUT2D eigenvalue weighted by Gasteiger charge is -2.28. The van der Waals surface area contributed by atoms with Gasteiger partial charge in [-0.3, -0.25) is 4.99 Å². The summed E-state index contributed by atoms with van der Waals surface area (Å²) in [5.74, 6) is 1.95. The number of halogens is 2. The van der Waals surface area contributed by atoms with Crippen LogP contribution in [0.3, 0.4) is 0 Å². The van der Waals surface area contributed by atoms with Gasteiger partial charge in [0.1, 0.15) is 11.9 Å². The molecule has 1 aromatic rings. The van der Waals surface area contributed by atoms with Crippen molar-refractivity contribution in [2.45, 2.75) is 44.2 Å². The van der Waals surface area contributed by atoms with Gasteiger partial charge in [0.2, 0.25) is 0 Å². The van der Waals surface area contributed by atoms with Crippen LogP contribution in [0.4, 0.5) is 0 Å². The molecule has 136 valence electrons. The molecular weight excluding hydrogens is 347 g/mol. The van der Waals surface area contributed by atoms with Crippen molar-refractivity contribution in [1.29, 1.82) is 0 Å². The van der Waals surface area contributed by atoms with Gasteiger partial charge in [0.25, 0.3) is 0 Å². The summed E-state index contributed by atoms with van der Waals surface area (Å²) in [5.41, 5.74) is 7.58. The summed E-state index contributed by atoms with van der Waals surface area (Å²) in [6, 6.07) is 8.46. The van der Waals surface area contributed by atoms with E-state index < -0.39 is 0 Å². The van der Waals surface area contributed by atoms with Crippen molar-refractivity contribution >= 4 is 30.8 Å². The van der Waals surface area contributed by atoms with Crippen molar-refractivity contribution in [3.05, 3.63) is 29.8 Å². The number of aryl methyl sites for hydroxylation is 1. The number of benzene rings is 1. The fourth-order valence-corrected chi connectivity index (χ4v) is 3.03. The molecule has 3 rings (SSSR count). The van der Waals surface area contributed by atoms with Crippen molar-refractivity contribution < 1.29 is 4.74 Å². The number of para-hydroxylation sites is 1. The topological polar surface area (TPSA) is 71.7 Å². The molecule has 0 aliphatic carbocycles. The Labute approximate surface area is 156 Å². The fraction of sp³-hybridized carbons (Fsp3) is 0.588. The maximum Gasteiger partial charge on any atom is 0.191 e. The summed E-state index contributed by atoms with van der Waals surface area (Å²) in [6.45, 7) is 2.78. The number of aliphatic imine (C=N–C) groups is 1. The summed E-state index contributed by atoms with van der Waals surface area (Å²) < 4.78 is 6.06. The molecule has 1 aromatic carbocycles. The van der Waals surface area contributed by atoms with Gasteiger partial charge in [-0.15, -0.1) is 24.8 Å². The van der Waals surface area contributed by atoms with Crippen LogP contribution in [0.25, 0.3) is 0 Å². The molecule has 24 heavy (non-hydrogen) atoms. The second kappa shape index (κ2) is 10.6. The average Bonchev–Trinajstić information content (AvgIpc) is 2.56. The van der Waals surface area contributed by atoms with Crippen molar-refractivity contribution in [1.82, 2.24) is 10.6 Å². The van der Waals surface area contributed by atoms with E-state index in [1.165, 1.54) is 5.56 Å². The molecule has 7 heteroatoms. The minimum absolute atomic E-state index is 0. The number of hydrogen-bond donors (Lipinski definition) is 3. The monoisotopic (exact) mass is 374 g/mol. The Morgan fingerprint density at radius 1 is 1.33 bits per heavy atom. The average molecular weight is 375 g/mol. The Morgan fingerprint density at radius 3 is 2.96 bits per heavy atom. The third kappa shape index (κ3) is 6.04.